The fourth-order valence-electron chi connectivity index (χ4n) is 2.55. The molecule has 0 saturated carbocycles. The summed E-state index contributed by atoms with van der Waals surface area (Å²) in [6.07, 6.45) is -0.950. The van der Waals surface area contributed by atoms with E-state index in [1.54, 1.807) is 12.4 Å². The van der Waals surface area contributed by atoms with E-state index in [-0.39, 0.29) is 12.2 Å². The van der Waals surface area contributed by atoms with Crippen molar-refractivity contribution in [3.05, 3.63) is 55.9 Å². The van der Waals surface area contributed by atoms with Gasteiger partial charge in [-0.2, -0.15) is 13.2 Å². The van der Waals surface area contributed by atoms with Crippen LogP contribution in [0.3, 0.4) is 0 Å². The van der Waals surface area contributed by atoms with Crippen molar-refractivity contribution in [2.24, 2.45) is 0 Å². The zero-order chi connectivity index (χ0) is 16.6. The molecule has 0 saturated heterocycles. The summed E-state index contributed by atoms with van der Waals surface area (Å²) < 4.78 is 38.9. The molecule has 9 heteroatoms. The Hall–Kier alpha value is -1.74. The van der Waals surface area contributed by atoms with Crippen LogP contribution >= 0.6 is 15.9 Å². The van der Waals surface area contributed by atoms with E-state index in [4.69, 9.17) is 0 Å². The van der Waals surface area contributed by atoms with Crippen LogP contribution in [0.4, 0.5) is 13.2 Å². The molecule has 1 aliphatic heterocycles. The zero-order valence-corrected chi connectivity index (χ0v) is 13.4. The van der Waals surface area contributed by atoms with E-state index in [2.05, 4.69) is 25.9 Å². The molecule has 0 bridgehead atoms. The molecular weight excluding hydrogens is 377 g/mol. The van der Waals surface area contributed by atoms with Crippen molar-refractivity contribution in [1.29, 1.82) is 0 Å². The van der Waals surface area contributed by atoms with Crippen LogP contribution in [-0.4, -0.2) is 26.4 Å². The lowest BCUT2D eigenvalue weighted by Crippen LogP contribution is -2.36. The molecule has 0 spiro atoms. The first-order valence-electron chi connectivity index (χ1n) is 6.84. The van der Waals surface area contributed by atoms with Gasteiger partial charge in [0, 0.05) is 42.9 Å². The standard InChI is InChI=1S/C14H12BrF3N4O/c15-9-3-8(4-19-5-9)6-22-2-1-11-10(7-22)12(23)21-13(20-11)14(16,17)18/h3-5H,1-2,6-7H2,(H,20,21,23). The molecule has 0 fully saturated rings. The highest BCUT2D eigenvalue weighted by atomic mass is 79.9. The van der Waals surface area contributed by atoms with Crippen LogP contribution in [0.25, 0.3) is 0 Å². The van der Waals surface area contributed by atoms with Gasteiger partial charge in [-0.1, -0.05) is 0 Å². The Morgan fingerprint density at radius 2 is 2.13 bits per heavy atom. The second kappa shape index (κ2) is 6.04. The monoisotopic (exact) mass is 388 g/mol. The van der Waals surface area contributed by atoms with Crippen molar-refractivity contribution in [1.82, 2.24) is 19.9 Å². The average molecular weight is 389 g/mol. The fraction of sp³-hybridized carbons (Fsp3) is 0.357. The maximum Gasteiger partial charge on any atom is 0.449 e. The van der Waals surface area contributed by atoms with Gasteiger partial charge < -0.3 is 4.98 Å². The van der Waals surface area contributed by atoms with Gasteiger partial charge in [-0.25, -0.2) is 4.98 Å². The first kappa shape index (κ1) is 16.1. The maximum absolute atomic E-state index is 12.7. The number of pyridine rings is 1. The summed E-state index contributed by atoms with van der Waals surface area (Å²) in [5, 5.41) is 0. The molecule has 0 unspecified atom stereocenters. The highest BCUT2D eigenvalue weighted by Gasteiger charge is 2.35. The van der Waals surface area contributed by atoms with Gasteiger partial charge >= 0.3 is 6.18 Å². The smallest absolute Gasteiger partial charge is 0.303 e. The molecular formula is C14H12BrF3N4O. The SMILES string of the molecule is O=c1[nH]c(C(F)(F)F)nc2c1CN(Cc1cncc(Br)c1)CC2. The van der Waals surface area contributed by atoms with E-state index in [1.165, 1.54) is 0 Å². The Morgan fingerprint density at radius 3 is 2.83 bits per heavy atom. The number of halogens is 4. The van der Waals surface area contributed by atoms with Gasteiger partial charge in [0.1, 0.15) is 0 Å². The predicted octanol–water partition coefficient (Wildman–Crippen LogP) is 2.50. The summed E-state index contributed by atoms with van der Waals surface area (Å²) in [6.45, 7) is 1.36. The minimum Gasteiger partial charge on any atom is -0.303 e. The Labute approximate surface area is 137 Å². The second-order valence-corrected chi connectivity index (χ2v) is 6.23. The summed E-state index contributed by atoms with van der Waals surface area (Å²) in [4.78, 5) is 23.4. The predicted molar refractivity (Wildman–Crippen MR) is 79.6 cm³/mol. The number of nitrogens with zero attached hydrogens (tertiary/aromatic N) is 3. The normalized spacial score (nSPS) is 15.5. The molecule has 3 rings (SSSR count). The van der Waals surface area contributed by atoms with Gasteiger partial charge in [0.05, 0.1) is 11.3 Å². The van der Waals surface area contributed by atoms with E-state index in [9.17, 15) is 18.0 Å². The number of nitrogens with one attached hydrogen (secondary N) is 1. The molecule has 122 valence electrons. The molecule has 0 atom stereocenters. The Balaban J connectivity index is 1.83. The molecule has 0 aliphatic carbocycles. The van der Waals surface area contributed by atoms with E-state index < -0.39 is 17.6 Å². The lowest BCUT2D eigenvalue weighted by molar-refractivity contribution is -0.145. The summed E-state index contributed by atoms with van der Waals surface area (Å²) in [5.41, 5.74) is 0.760. The maximum atomic E-state index is 12.7. The highest BCUT2D eigenvalue weighted by Crippen LogP contribution is 2.26. The molecule has 1 N–H and O–H groups in total. The number of H-pyrrole nitrogens is 1. The number of hydrogen-bond donors (Lipinski definition) is 1. The van der Waals surface area contributed by atoms with E-state index in [1.807, 2.05) is 16.0 Å². The van der Waals surface area contributed by atoms with Crippen molar-refractivity contribution in [2.45, 2.75) is 25.7 Å². The third kappa shape index (κ3) is 3.61. The minimum absolute atomic E-state index is 0.227. The third-order valence-electron chi connectivity index (χ3n) is 3.58. The molecule has 2 aromatic heterocycles. The highest BCUT2D eigenvalue weighted by molar-refractivity contribution is 9.10. The fourth-order valence-corrected chi connectivity index (χ4v) is 2.96. The lowest BCUT2D eigenvalue weighted by Gasteiger charge is -2.27. The quantitative estimate of drug-likeness (QED) is 0.858. The van der Waals surface area contributed by atoms with Crippen molar-refractivity contribution < 1.29 is 13.2 Å². The molecule has 23 heavy (non-hydrogen) atoms. The topological polar surface area (TPSA) is 61.9 Å². The average Bonchev–Trinajstić information content (AvgIpc) is 2.47. The summed E-state index contributed by atoms with van der Waals surface area (Å²) >= 11 is 3.34. The molecule has 1 aliphatic rings. The Kier molecular flexibility index (Phi) is 4.24. The number of rotatable bonds is 2. The van der Waals surface area contributed by atoms with Crippen LogP contribution in [0.1, 0.15) is 22.6 Å². The molecule has 0 amide bonds. The number of hydrogen-bond acceptors (Lipinski definition) is 4. The number of aromatic nitrogens is 3. The van der Waals surface area contributed by atoms with Gasteiger partial charge in [0.25, 0.3) is 5.56 Å². The Morgan fingerprint density at radius 1 is 1.35 bits per heavy atom. The van der Waals surface area contributed by atoms with Crippen LogP contribution < -0.4 is 5.56 Å². The van der Waals surface area contributed by atoms with E-state index in [0.29, 0.717) is 25.1 Å². The van der Waals surface area contributed by atoms with E-state index in [0.717, 1.165) is 10.0 Å². The van der Waals surface area contributed by atoms with Crippen LogP contribution in [0, 0.1) is 0 Å². The van der Waals surface area contributed by atoms with Crippen LogP contribution in [0.15, 0.2) is 27.7 Å². The van der Waals surface area contributed by atoms with E-state index >= 15 is 0 Å². The lowest BCUT2D eigenvalue weighted by atomic mass is 10.1. The van der Waals surface area contributed by atoms with Crippen LogP contribution in [0.5, 0.6) is 0 Å². The summed E-state index contributed by atoms with van der Waals surface area (Å²) in [7, 11) is 0. The first-order valence-corrected chi connectivity index (χ1v) is 7.63. The van der Waals surface area contributed by atoms with Gasteiger partial charge in [-0.15, -0.1) is 0 Å². The summed E-state index contributed by atoms with van der Waals surface area (Å²) in [6, 6.07) is 1.91. The molecule has 3 heterocycles. The van der Waals surface area contributed by atoms with Crippen molar-refractivity contribution >= 4 is 15.9 Å². The van der Waals surface area contributed by atoms with Crippen LogP contribution in [0.2, 0.25) is 0 Å². The van der Waals surface area contributed by atoms with Crippen LogP contribution in [-0.2, 0) is 25.7 Å². The first-order chi connectivity index (χ1) is 10.8. The zero-order valence-electron chi connectivity index (χ0n) is 11.8. The second-order valence-electron chi connectivity index (χ2n) is 5.31. The van der Waals surface area contributed by atoms with Gasteiger partial charge in [-0.3, -0.25) is 14.7 Å². The number of fused-ring (bicyclic) bond motifs is 1. The molecule has 0 radical (unpaired) electrons. The third-order valence-corrected chi connectivity index (χ3v) is 4.02. The van der Waals surface area contributed by atoms with Crippen molar-refractivity contribution in [3.8, 4) is 0 Å². The Bertz CT molecular complexity index is 790. The summed E-state index contributed by atoms with van der Waals surface area (Å²) in [5.74, 6) is -1.23. The number of alkyl halides is 3. The molecule has 0 aromatic carbocycles. The number of aromatic amines is 1. The molecule has 5 nitrogen and oxygen atoms in total. The largest absolute Gasteiger partial charge is 0.449 e. The van der Waals surface area contributed by atoms with Crippen molar-refractivity contribution in [2.75, 3.05) is 6.54 Å². The minimum atomic E-state index is -4.65. The van der Waals surface area contributed by atoms with Gasteiger partial charge in [-0.05, 0) is 27.6 Å². The van der Waals surface area contributed by atoms with Crippen molar-refractivity contribution in [3.63, 3.8) is 0 Å². The van der Waals surface area contributed by atoms with Gasteiger partial charge in [0.15, 0.2) is 0 Å². The molecule has 2 aromatic rings. The van der Waals surface area contributed by atoms with Gasteiger partial charge in [0.2, 0.25) is 5.82 Å².